The van der Waals surface area contributed by atoms with E-state index in [2.05, 4.69) is 101 Å². The fraction of sp³-hybridized carbons (Fsp3) is 0.0312. The Kier molecular flexibility index (Phi) is 3.30. The minimum atomic E-state index is 0.000597. The third-order valence-electron chi connectivity index (χ3n) is 7.72. The lowest BCUT2D eigenvalue weighted by molar-refractivity contribution is 0.673. The highest BCUT2D eigenvalue weighted by Gasteiger charge is 2.31. The molecule has 168 valence electrons. The maximum absolute atomic E-state index is 6.50. The SMILES string of the molecule is C1=CC2=Nc3c(n4c5ccccc5c5cc6c7ccccc7oc6c3c54)NC2C=C1c1ccccc1. The zero-order valence-corrected chi connectivity index (χ0v) is 19.2. The van der Waals surface area contributed by atoms with Crippen LogP contribution in [0.25, 0.3) is 54.7 Å². The van der Waals surface area contributed by atoms with Gasteiger partial charge in [0, 0.05) is 21.5 Å². The Morgan fingerprint density at radius 1 is 0.778 bits per heavy atom. The number of aromatic nitrogens is 1. The van der Waals surface area contributed by atoms with E-state index in [9.17, 15) is 0 Å². The topological polar surface area (TPSA) is 41.9 Å². The molecule has 1 N–H and O–H groups in total. The number of nitrogens with one attached hydrogen (secondary N) is 1. The lowest BCUT2D eigenvalue weighted by Crippen LogP contribution is -2.31. The number of furan rings is 1. The second-order valence-electron chi connectivity index (χ2n) is 9.65. The number of benzene rings is 4. The number of para-hydroxylation sites is 2. The van der Waals surface area contributed by atoms with E-state index in [-0.39, 0.29) is 6.04 Å². The zero-order chi connectivity index (χ0) is 23.4. The summed E-state index contributed by atoms with van der Waals surface area (Å²) in [7, 11) is 0. The van der Waals surface area contributed by atoms with Gasteiger partial charge in [-0.2, -0.15) is 0 Å². The molecule has 2 aliphatic rings. The van der Waals surface area contributed by atoms with E-state index >= 15 is 0 Å². The first-order valence-electron chi connectivity index (χ1n) is 12.3. The Morgan fingerprint density at radius 3 is 2.50 bits per heavy atom. The first kappa shape index (κ1) is 18.5. The highest BCUT2D eigenvalue weighted by atomic mass is 16.3. The predicted molar refractivity (Wildman–Crippen MR) is 149 cm³/mol. The third kappa shape index (κ3) is 2.22. The van der Waals surface area contributed by atoms with E-state index in [1.807, 2.05) is 12.1 Å². The summed E-state index contributed by atoms with van der Waals surface area (Å²) in [5, 5.41) is 9.67. The van der Waals surface area contributed by atoms with E-state index < -0.39 is 0 Å². The molecule has 0 saturated carbocycles. The van der Waals surface area contributed by atoms with Crippen molar-refractivity contribution in [1.82, 2.24) is 4.40 Å². The second-order valence-corrected chi connectivity index (χ2v) is 9.65. The summed E-state index contributed by atoms with van der Waals surface area (Å²) in [6, 6.07) is 29.7. The molecule has 4 nitrogen and oxygen atoms in total. The number of hydrogen-bond donors (Lipinski definition) is 1. The molecule has 1 atom stereocenters. The molecule has 0 spiro atoms. The maximum Gasteiger partial charge on any atom is 0.147 e. The fourth-order valence-electron chi connectivity index (χ4n) is 6.14. The molecule has 1 aliphatic heterocycles. The van der Waals surface area contributed by atoms with Gasteiger partial charge in [0.25, 0.3) is 0 Å². The monoisotopic (exact) mass is 461 g/mol. The van der Waals surface area contributed by atoms with Crippen LogP contribution in [0.2, 0.25) is 0 Å². The Balaban J connectivity index is 1.40. The van der Waals surface area contributed by atoms with Crippen LogP contribution in [0.15, 0.2) is 113 Å². The quantitative estimate of drug-likeness (QED) is 0.268. The first-order chi connectivity index (χ1) is 17.8. The molecule has 4 heterocycles. The minimum Gasteiger partial charge on any atom is -0.455 e. The summed E-state index contributed by atoms with van der Waals surface area (Å²) < 4.78 is 8.84. The van der Waals surface area contributed by atoms with Crippen LogP contribution in [0, 0.1) is 0 Å². The highest BCUT2D eigenvalue weighted by Crippen LogP contribution is 2.51. The smallest absolute Gasteiger partial charge is 0.147 e. The highest BCUT2D eigenvalue weighted by molar-refractivity contribution is 6.31. The molecule has 7 aromatic rings. The Labute approximate surface area is 205 Å². The molecule has 0 amide bonds. The van der Waals surface area contributed by atoms with Crippen LogP contribution in [0.5, 0.6) is 0 Å². The van der Waals surface area contributed by atoms with Gasteiger partial charge in [0.15, 0.2) is 0 Å². The Morgan fingerprint density at radius 2 is 1.58 bits per heavy atom. The van der Waals surface area contributed by atoms with Crippen molar-refractivity contribution < 1.29 is 4.42 Å². The lowest BCUT2D eigenvalue weighted by Gasteiger charge is -2.25. The Bertz CT molecular complexity index is 2120. The summed E-state index contributed by atoms with van der Waals surface area (Å²) in [5.74, 6) is 1.02. The fourth-order valence-corrected chi connectivity index (χ4v) is 6.14. The number of allylic oxidation sites excluding steroid dienone is 2. The summed E-state index contributed by atoms with van der Waals surface area (Å²) >= 11 is 0. The van der Waals surface area contributed by atoms with Gasteiger partial charge in [-0.25, -0.2) is 4.99 Å². The third-order valence-corrected chi connectivity index (χ3v) is 7.72. The molecule has 4 heteroatoms. The van der Waals surface area contributed by atoms with Crippen molar-refractivity contribution in [2.75, 3.05) is 5.32 Å². The van der Waals surface area contributed by atoms with Crippen LogP contribution in [0.3, 0.4) is 0 Å². The number of hydrogen-bond acceptors (Lipinski definition) is 3. The van der Waals surface area contributed by atoms with Gasteiger partial charge in [-0.3, -0.25) is 4.40 Å². The molecule has 0 saturated heterocycles. The number of aliphatic imine (C=N–C) groups is 1. The summed E-state index contributed by atoms with van der Waals surface area (Å²) in [6.45, 7) is 0. The van der Waals surface area contributed by atoms with Gasteiger partial charge < -0.3 is 9.73 Å². The van der Waals surface area contributed by atoms with Crippen molar-refractivity contribution in [2.45, 2.75) is 6.04 Å². The van der Waals surface area contributed by atoms with Gasteiger partial charge in [0.1, 0.15) is 22.7 Å². The summed E-state index contributed by atoms with van der Waals surface area (Å²) in [6.07, 6.45) is 6.59. The van der Waals surface area contributed by atoms with E-state index in [4.69, 9.17) is 9.41 Å². The van der Waals surface area contributed by atoms with Gasteiger partial charge in [-0.1, -0.05) is 72.8 Å². The molecule has 1 unspecified atom stereocenters. The van der Waals surface area contributed by atoms with Gasteiger partial charge in [0.2, 0.25) is 0 Å². The molecular formula is C32H19N3O. The van der Waals surface area contributed by atoms with Crippen LogP contribution in [-0.4, -0.2) is 16.2 Å². The number of rotatable bonds is 1. The molecule has 0 radical (unpaired) electrons. The predicted octanol–water partition coefficient (Wildman–Crippen LogP) is 8.10. The van der Waals surface area contributed by atoms with Crippen LogP contribution >= 0.6 is 0 Å². The largest absolute Gasteiger partial charge is 0.455 e. The standard InChI is InChI=1S/C32H19N3O/c1-2-8-18(9-3-1)19-14-15-24-25(16-19)34-32-29(33-24)28-30-22(20-10-4-6-12-26(20)35(30)32)17-23-21-11-5-7-13-27(21)36-31(23)28/h1-17,25,34H. The number of fused-ring (bicyclic) bond motifs is 11. The van der Waals surface area contributed by atoms with Crippen molar-refractivity contribution in [3.63, 3.8) is 0 Å². The van der Waals surface area contributed by atoms with Crippen LogP contribution in [0.4, 0.5) is 11.5 Å². The van der Waals surface area contributed by atoms with Crippen LogP contribution < -0.4 is 5.32 Å². The maximum atomic E-state index is 6.50. The average Bonchev–Trinajstić information content (AvgIpc) is 3.58. The van der Waals surface area contributed by atoms with Crippen LogP contribution in [-0.2, 0) is 0 Å². The van der Waals surface area contributed by atoms with Crippen molar-refractivity contribution >= 4 is 71.9 Å². The number of anilines is 1. The van der Waals surface area contributed by atoms with Gasteiger partial charge in [0.05, 0.1) is 28.2 Å². The van der Waals surface area contributed by atoms with Crippen molar-refractivity contribution in [1.29, 1.82) is 0 Å². The number of nitrogens with zero attached hydrogens (tertiary/aromatic N) is 2. The van der Waals surface area contributed by atoms with Crippen molar-refractivity contribution in [3.8, 4) is 0 Å². The van der Waals surface area contributed by atoms with E-state index in [0.717, 1.165) is 44.5 Å². The molecular weight excluding hydrogens is 442 g/mol. The molecule has 3 aromatic heterocycles. The van der Waals surface area contributed by atoms with Gasteiger partial charge in [-0.05, 0) is 41.5 Å². The van der Waals surface area contributed by atoms with Crippen molar-refractivity contribution in [2.24, 2.45) is 4.99 Å². The summed E-state index contributed by atoms with van der Waals surface area (Å²) in [5.41, 5.74) is 8.55. The molecule has 9 rings (SSSR count). The molecule has 0 bridgehead atoms. The zero-order valence-electron chi connectivity index (χ0n) is 19.2. The molecule has 1 aliphatic carbocycles. The molecule has 0 fully saturated rings. The molecule has 36 heavy (non-hydrogen) atoms. The Hall–Kier alpha value is -4.83. The molecule has 4 aromatic carbocycles. The van der Waals surface area contributed by atoms with E-state index in [1.165, 1.54) is 32.9 Å². The van der Waals surface area contributed by atoms with Gasteiger partial charge in [-0.15, -0.1) is 0 Å². The lowest BCUT2D eigenvalue weighted by atomic mass is 9.94. The van der Waals surface area contributed by atoms with E-state index in [0.29, 0.717) is 0 Å². The normalized spacial score (nSPS) is 17.1. The van der Waals surface area contributed by atoms with Crippen molar-refractivity contribution in [3.05, 3.63) is 109 Å². The minimum absolute atomic E-state index is 0.000597. The second kappa shape index (κ2) is 6.43. The summed E-state index contributed by atoms with van der Waals surface area (Å²) in [4.78, 5) is 5.25. The average molecular weight is 462 g/mol. The van der Waals surface area contributed by atoms with Gasteiger partial charge >= 0.3 is 0 Å². The first-order valence-corrected chi connectivity index (χ1v) is 12.3. The van der Waals surface area contributed by atoms with Crippen LogP contribution in [0.1, 0.15) is 5.56 Å². The van der Waals surface area contributed by atoms with E-state index in [1.54, 1.807) is 0 Å².